The molecule has 0 bridgehead atoms. The van der Waals surface area contributed by atoms with Crippen LogP contribution in [0.3, 0.4) is 0 Å². The lowest BCUT2D eigenvalue weighted by atomic mass is 9.94. The van der Waals surface area contributed by atoms with E-state index in [4.69, 9.17) is 4.74 Å². The van der Waals surface area contributed by atoms with E-state index in [1.165, 1.54) is 28.9 Å². The van der Waals surface area contributed by atoms with Gasteiger partial charge in [0.05, 0.1) is 0 Å². The molecule has 2 rings (SSSR count). The van der Waals surface area contributed by atoms with Crippen molar-refractivity contribution in [1.29, 1.82) is 0 Å². The molecule has 1 aliphatic carbocycles. The molecule has 0 aromatic rings. The zero-order chi connectivity index (χ0) is 23.0. The van der Waals surface area contributed by atoms with Crippen LogP contribution in [0.15, 0.2) is 69.9 Å². The summed E-state index contributed by atoms with van der Waals surface area (Å²) in [5, 5.41) is 0. The zero-order valence-electron chi connectivity index (χ0n) is 19.4. The first-order chi connectivity index (χ1) is 14.7. The fraction of sp³-hybridized carbons (Fsp3) is 0.444. The van der Waals surface area contributed by atoms with Gasteiger partial charge < -0.3 is 4.74 Å². The Morgan fingerprint density at radius 2 is 1.68 bits per heavy atom. The number of hydrogen-bond donors (Lipinski definition) is 0. The highest BCUT2D eigenvalue weighted by molar-refractivity contribution is 6.20. The second-order valence-electron chi connectivity index (χ2n) is 8.73. The Morgan fingerprint density at radius 1 is 0.935 bits per heavy atom. The van der Waals surface area contributed by atoms with Crippen molar-refractivity contribution in [3.63, 3.8) is 0 Å². The van der Waals surface area contributed by atoms with Crippen LogP contribution in [0.1, 0.15) is 73.1 Å². The van der Waals surface area contributed by atoms with Crippen LogP contribution in [0, 0.1) is 0 Å². The van der Waals surface area contributed by atoms with Gasteiger partial charge in [0.25, 0.3) is 0 Å². The van der Waals surface area contributed by atoms with Gasteiger partial charge in [0, 0.05) is 23.1 Å². The van der Waals surface area contributed by atoms with Gasteiger partial charge in [-0.2, -0.15) is 0 Å². The summed E-state index contributed by atoms with van der Waals surface area (Å²) < 4.78 is 5.49. The smallest absolute Gasteiger partial charge is 0.334 e. The SMILES string of the molecule is CC(C)=CCCC1=C[C@@H](CC(C)=CCC/C(C)=C/CC2=CC(=O)C=C(C)C2=O)OC1=O. The van der Waals surface area contributed by atoms with Gasteiger partial charge in [0.2, 0.25) is 0 Å². The van der Waals surface area contributed by atoms with Crippen LogP contribution in [0.2, 0.25) is 0 Å². The number of rotatable bonds is 10. The first-order valence-corrected chi connectivity index (χ1v) is 11.0. The van der Waals surface area contributed by atoms with Crippen LogP contribution >= 0.6 is 0 Å². The third kappa shape index (κ3) is 8.12. The van der Waals surface area contributed by atoms with E-state index in [0.717, 1.165) is 37.7 Å². The predicted molar refractivity (Wildman–Crippen MR) is 124 cm³/mol. The summed E-state index contributed by atoms with van der Waals surface area (Å²) in [5.41, 5.74) is 5.49. The van der Waals surface area contributed by atoms with Gasteiger partial charge in [0.1, 0.15) is 6.10 Å². The van der Waals surface area contributed by atoms with Crippen LogP contribution in [0.5, 0.6) is 0 Å². The third-order valence-electron chi connectivity index (χ3n) is 5.42. The Kier molecular flexibility index (Phi) is 9.17. The van der Waals surface area contributed by atoms with Gasteiger partial charge in [-0.3, -0.25) is 9.59 Å². The van der Waals surface area contributed by atoms with Crippen LogP contribution in [0.4, 0.5) is 0 Å². The average Bonchev–Trinajstić information content (AvgIpc) is 3.02. The van der Waals surface area contributed by atoms with E-state index in [0.29, 0.717) is 17.6 Å². The molecule has 0 spiro atoms. The number of ketones is 2. The lowest BCUT2D eigenvalue weighted by molar-refractivity contribution is -0.139. The molecule has 0 aromatic heterocycles. The number of carbonyl (C=O) groups excluding carboxylic acids is 3. The van der Waals surface area contributed by atoms with Gasteiger partial charge in [-0.1, -0.05) is 34.9 Å². The lowest BCUT2D eigenvalue weighted by Gasteiger charge is -2.10. The number of cyclic esters (lactones) is 1. The Hall–Kier alpha value is -2.75. The molecule has 0 N–H and O–H groups in total. The summed E-state index contributed by atoms with van der Waals surface area (Å²) in [7, 11) is 0. The van der Waals surface area contributed by atoms with E-state index in [1.54, 1.807) is 6.92 Å². The van der Waals surface area contributed by atoms with E-state index >= 15 is 0 Å². The van der Waals surface area contributed by atoms with Crippen molar-refractivity contribution in [1.82, 2.24) is 0 Å². The molecule has 1 heterocycles. The minimum atomic E-state index is -0.186. The summed E-state index contributed by atoms with van der Waals surface area (Å²) in [6.45, 7) is 9.90. The Bertz CT molecular complexity index is 915. The highest BCUT2D eigenvalue weighted by Gasteiger charge is 2.24. The van der Waals surface area contributed by atoms with Crippen molar-refractivity contribution < 1.29 is 19.1 Å². The van der Waals surface area contributed by atoms with E-state index in [9.17, 15) is 14.4 Å². The second-order valence-corrected chi connectivity index (χ2v) is 8.73. The molecule has 2 aliphatic rings. The van der Waals surface area contributed by atoms with Gasteiger partial charge >= 0.3 is 5.97 Å². The molecule has 0 unspecified atom stereocenters. The van der Waals surface area contributed by atoms with Crippen molar-refractivity contribution >= 4 is 17.5 Å². The number of allylic oxidation sites excluding steroid dienone is 9. The van der Waals surface area contributed by atoms with Gasteiger partial charge in [0.15, 0.2) is 11.6 Å². The maximum atomic E-state index is 12.1. The molecule has 1 aliphatic heterocycles. The van der Waals surface area contributed by atoms with E-state index in [-0.39, 0.29) is 23.6 Å². The monoisotopic (exact) mass is 422 g/mol. The molecule has 4 nitrogen and oxygen atoms in total. The molecule has 0 fully saturated rings. The molecular weight excluding hydrogens is 388 g/mol. The quantitative estimate of drug-likeness (QED) is 0.244. The van der Waals surface area contributed by atoms with Crippen LogP contribution in [-0.2, 0) is 19.1 Å². The molecule has 0 amide bonds. The predicted octanol–water partition coefficient (Wildman–Crippen LogP) is 6.06. The summed E-state index contributed by atoms with van der Waals surface area (Å²) in [5.74, 6) is -0.342. The van der Waals surface area contributed by atoms with Crippen molar-refractivity contribution in [3.8, 4) is 0 Å². The lowest BCUT2D eigenvalue weighted by Crippen LogP contribution is -2.12. The molecule has 0 aromatic carbocycles. The average molecular weight is 423 g/mol. The van der Waals surface area contributed by atoms with E-state index in [1.807, 2.05) is 19.1 Å². The minimum absolute atomic E-state index is 0.0428. The van der Waals surface area contributed by atoms with Crippen LogP contribution in [-0.4, -0.2) is 23.6 Å². The van der Waals surface area contributed by atoms with Gasteiger partial charge in [-0.25, -0.2) is 4.79 Å². The fourth-order valence-corrected chi connectivity index (χ4v) is 3.64. The molecule has 0 radical (unpaired) electrons. The Labute approximate surface area is 186 Å². The summed E-state index contributed by atoms with van der Waals surface area (Å²) in [4.78, 5) is 35.7. The number of hydrogen-bond acceptors (Lipinski definition) is 4. The fourth-order valence-electron chi connectivity index (χ4n) is 3.64. The first kappa shape index (κ1) is 24.5. The standard InChI is InChI=1S/C27H34O4/c1-18(2)8-6-11-23-17-25(31-27(23)30)14-20(4)10-7-9-19(3)12-13-22-16-24(28)15-21(5)26(22)29/h8,10,12,15-17,25H,6-7,9,11,13-14H2,1-5H3/b19-12+,20-10?/t25-/m1/s1. The van der Waals surface area contributed by atoms with Crippen LogP contribution in [0.25, 0.3) is 0 Å². The highest BCUT2D eigenvalue weighted by atomic mass is 16.5. The number of carbonyl (C=O) groups is 3. The Morgan fingerprint density at radius 3 is 2.39 bits per heavy atom. The summed E-state index contributed by atoms with van der Waals surface area (Å²) >= 11 is 0. The third-order valence-corrected chi connectivity index (χ3v) is 5.42. The second kappa shape index (κ2) is 11.6. The van der Waals surface area contributed by atoms with Crippen molar-refractivity contribution in [2.75, 3.05) is 0 Å². The minimum Gasteiger partial charge on any atom is -0.454 e. The topological polar surface area (TPSA) is 60.4 Å². The zero-order valence-corrected chi connectivity index (χ0v) is 19.4. The van der Waals surface area contributed by atoms with E-state index < -0.39 is 0 Å². The molecule has 0 saturated heterocycles. The molecule has 31 heavy (non-hydrogen) atoms. The molecule has 4 heteroatoms. The molecule has 1 atom stereocenters. The van der Waals surface area contributed by atoms with E-state index in [2.05, 4.69) is 32.9 Å². The summed E-state index contributed by atoms with van der Waals surface area (Å²) in [6, 6.07) is 0. The molecule has 0 saturated carbocycles. The van der Waals surface area contributed by atoms with Gasteiger partial charge in [-0.05, 0) is 85.0 Å². The molecular formula is C27H34O4. The normalized spacial score (nSPS) is 19.7. The Balaban J connectivity index is 1.79. The number of esters is 1. The maximum absolute atomic E-state index is 12.1. The van der Waals surface area contributed by atoms with Gasteiger partial charge in [-0.15, -0.1) is 0 Å². The van der Waals surface area contributed by atoms with Crippen LogP contribution < -0.4 is 0 Å². The van der Waals surface area contributed by atoms with Crippen molar-refractivity contribution in [3.05, 3.63) is 69.9 Å². The first-order valence-electron chi connectivity index (χ1n) is 11.0. The highest BCUT2D eigenvalue weighted by Crippen LogP contribution is 2.24. The van der Waals surface area contributed by atoms with Crippen molar-refractivity contribution in [2.24, 2.45) is 0 Å². The van der Waals surface area contributed by atoms with Crippen molar-refractivity contribution in [2.45, 2.75) is 79.2 Å². The number of ether oxygens (including phenoxy) is 1. The maximum Gasteiger partial charge on any atom is 0.334 e. The molecule has 166 valence electrons. The number of Topliss-reactive ketones (excluding diaryl/α,β-unsaturated/α-hetero) is 1. The largest absolute Gasteiger partial charge is 0.454 e. The summed E-state index contributed by atoms with van der Waals surface area (Å²) in [6.07, 6.45) is 15.5.